The summed E-state index contributed by atoms with van der Waals surface area (Å²) >= 11 is 0. The molecular formula is C13H18N2O2. The Morgan fingerprint density at radius 1 is 1.41 bits per heavy atom. The Kier molecular flexibility index (Phi) is 3.64. The van der Waals surface area contributed by atoms with Crippen molar-refractivity contribution in [1.29, 1.82) is 0 Å². The number of benzene rings is 1. The lowest BCUT2D eigenvalue weighted by atomic mass is 10.2. The molecule has 0 saturated heterocycles. The van der Waals surface area contributed by atoms with Crippen LogP contribution in [0.5, 0.6) is 0 Å². The van der Waals surface area contributed by atoms with E-state index in [2.05, 4.69) is 0 Å². The lowest BCUT2D eigenvalue weighted by molar-refractivity contribution is -0.135. The van der Waals surface area contributed by atoms with Crippen molar-refractivity contribution in [2.45, 2.75) is 25.5 Å². The molecule has 1 aromatic carbocycles. The van der Waals surface area contributed by atoms with Crippen LogP contribution in [0, 0.1) is 0 Å². The van der Waals surface area contributed by atoms with Crippen molar-refractivity contribution in [1.82, 2.24) is 4.90 Å². The molecule has 17 heavy (non-hydrogen) atoms. The monoisotopic (exact) mass is 234 g/mol. The van der Waals surface area contributed by atoms with Crippen LogP contribution in [0.1, 0.15) is 18.4 Å². The van der Waals surface area contributed by atoms with Crippen LogP contribution in [-0.4, -0.2) is 30.5 Å². The molecule has 0 unspecified atom stereocenters. The first kappa shape index (κ1) is 11.9. The molecule has 0 aliphatic heterocycles. The van der Waals surface area contributed by atoms with Crippen LogP contribution in [0.2, 0.25) is 0 Å². The Balaban J connectivity index is 1.71. The number of amides is 1. The number of carbonyl (C=O) groups excluding carboxylic acids is 1. The predicted octanol–water partition coefficient (Wildman–Crippen LogP) is 1.41. The number of hydrogen-bond acceptors (Lipinski definition) is 3. The third-order valence-electron chi connectivity index (χ3n) is 2.96. The zero-order valence-electron chi connectivity index (χ0n) is 10.1. The first-order valence-electron chi connectivity index (χ1n) is 5.84. The molecule has 2 rings (SSSR count). The summed E-state index contributed by atoms with van der Waals surface area (Å²) in [4.78, 5) is 13.4. The van der Waals surface area contributed by atoms with Gasteiger partial charge in [0.15, 0.2) is 0 Å². The van der Waals surface area contributed by atoms with Gasteiger partial charge in [-0.1, -0.05) is 12.1 Å². The number of ether oxygens (including phenoxy) is 1. The lowest BCUT2D eigenvalue weighted by Gasteiger charge is -2.16. The minimum Gasteiger partial charge on any atom is -0.399 e. The van der Waals surface area contributed by atoms with E-state index in [1.807, 2.05) is 31.3 Å². The third-order valence-corrected chi connectivity index (χ3v) is 2.96. The van der Waals surface area contributed by atoms with Gasteiger partial charge in [0, 0.05) is 18.8 Å². The van der Waals surface area contributed by atoms with Gasteiger partial charge < -0.3 is 15.4 Å². The van der Waals surface area contributed by atoms with Crippen LogP contribution in [0.4, 0.5) is 5.69 Å². The SMILES string of the molecule is CN(C(=O)COCc1ccc(N)cc1)C1CC1. The largest absolute Gasteiger partial charge is 0.399 e. The molecule has 1 aliphatic rings. The molecule has 1 amide bonds. The van der Waals surface area contributed by atoms with Crippen LogP contribution >= 0.6 is 0 Å². The normalized spacial score (nSPS) is 14.6. The highest BCUT2D eigenvalue weighted by atomic mass is 16.5. The van der Waals surface area contributed by atoms with Crippen molar-refractivity contribution in [2.75, 3.05) is 19.4 Å². The summed E-state index contributed by atoms with van der Waals surface area (Å²) in [5.74, 6) is 0.0583. The molecule has 4 nitrogen and oxygen atoms in total. The van der Waals surface area contributed by atoms with E-state index in [-0.39, 0.29) is 12.5 Å². The Morgan fingerprint density at radius 3 is 2.65 bits per heavy atom. The van der Waals surface area contributed by atoms with Crippen molar-refractivity contribution < 1.29 is 9.53 Å². The summed E-state index contributed by atoms with van der Waals surface area (Å²) in [5.41, 5.74) is 7.35. The summed E-state index contributed by atoms with van der Waals surface area (Å²) < 4.78 is 5.39. The smallest absolute Gasteiger partial charge is 0.248 e. The lowest BCUT2D eigenvalue weighted by Crippen LogP contribution is -2.32. The average molecular weight is 234 g/mol. The molecule has 1 aromatic rings. The van der Waals surface area contributed by atoms with E-state index >= 15 is 0 Å². The summed E-state index contributed by atoms with van der Waals surface area (Å²) in [5, 5.41) is 0. The van der Waals surface area contributed by atoms with Gasteiger partial charge in [0.25, 0.3) is 0 Å². The second-order valence-electron chi connectivity index (χ2n) is 4.47. The van der Waals surface area contributed by atoms with Gasteiger partial charge >= 0.3 is 0 Å². The van der Waals surface area contributed by atoms with E-state index in [0.717, 1.165) is 24.1 Å². The standard InChI is InChI=1S/C13H18N2O2/c1-15(12-6-7-12)13(16)9-17-8-10-2-4-11(14)5-3-10/h2-5,12H,6-9,14H2,1H3. The minimum atomic E-state index is 0.0583. The minimum absolute atomic E-state index is 0.0583. The second kappa shape index (κ2) is 5.19. The van der Waals surface area contributed by atoms with Gasteiger partial charge in [-0.05, 0) is 30.5 Å². The first-order valence-corrected chi connectivity index (χ1v) is 5.84. The van der Waals surface area contributed by atoms with Crippen LogP contribution in [-0.2, 0) is 16.1 Å². The molecule has 2 N–H and O–H groups in total. The van der Waals surface area contributed by atoms with Crippen LogP contribution in [0.15, 0.2) is 24.3 Å². The zero-order chi connectivity index (χ0) is 12.3. The maximum atomic E-state index is 11.6. The fourth-order valence-electron chi connectivity index (χ4n) is 1.64. The Labute approximate surface area is 101 Å². The van der Waals surface area contributed by atoms with Gasteiger partial charge in [0.2, 0.25) is 5.91 Å². The Hall–Kier alpha value is -1.55. The molecular weight excluding hydrogens is 216 g/mol. The number of nitrogens with zero attached hydrogens (tertiary/aromatic N) is 1. The van der Waals surface area contributed by atoms with Gasteiger partial charge in [-0.2, -0.15) is 0 Å². The highest BCUT2D eigenvalue weighted by Gasteiger charge is 2.29. The average Bonchev–Trinajstić information content (AvgIpc) is 3.14. The highest BCUT2D eigenvalue weighted by molar-refractivity contribution is 5.77. The summed E-state index contributed by atoms with van der Waals surface area (Å²) in [7, 11) is 1.84. The van der Waals surface area contributed by atoms with E-state index in [0.29, 0.717) is 12.6 Å². The van der Waals surface area contributed by atoms with Gasteiger partial charge in [-0.15, -0.1) is 0 Å². The van der Waals surface area contributed by atoms with Gasteiger partial charge in [-0.25, -0.2) is 0 Å². The Bertz CT molecular complexity index is 385. The second-order valence-corrected chi connectivity index (χ2v) is 4.47. The van der Waals surface area contributed by atoms with Crippen LogP contribution in [0.3, 0.4) is 0 Å². The van der Waals surface area contributed by atoms with E-state index in [9.17, 15) is 4.79 Å². The Morgan fingerprint density at radius 2 is 2.06 bits per heavy atom. The first-order chi connectivity index (χ1) is 8.16. The molecule has 0 radical (unpaired) electrons. The molecule has 0 bridgehead atoms. The number of nitrogen functional groups attached to an aromatic ring is 1. The fraction of sp³-hybridized carbons (Fsp3) is 0.462. The molecule has 1 saturated carbocycles. The van der Waals surface area contributed by atoms with Crippen molar-refractivity contribution in [3.8, 4) is 0 Å². The number of carbonyl (C=O) groups is 1. The van der Waals surface area contributed by atoms with Crippen LogP contribution < -0.4 is 5.73 Å². The summed E-state index contributed by atoms with van der Waals surface area (Å²) in [6, 6.07) is 7.92. The van der Waals surface area contributed by atoms with E-state index < -0.39 is 0 Å². The molecule has 1 fully saturated rings. The molecule has 92 valence electrons. The number of hydrogen-bond donors (Lipinski definition) is 1. The maximum Gasteiger partial charge on any atom is 0.248 e. The predicted molar refractivity (Wildman–Crippen MR) is 66.3 cm³/mol. The number of anilines is 1. The molecule has 0 atom stereocenters. The van der Waals surface area contributed by atoms with Crippen molar-refractivity contribution in [2.24, 2.45) is 0 Å². The molecule has 0 spiro atoms. The number of rotatable bonds is 5. The zero-order valence-corrected chi connectivity index (χ0v) is 10.1. The maximum absolute atomic E-state index is 11.6. The fourth-order valence-corrected chi connectivity index (χ4v) is 1.64. The van der Waals surface area contributed by atoms with Crippen LogP contribution in [0.25, 0.3) is 0 Å². The quantitative estimate of drug-likeness (QED) is 0.784. The third kappa shape index (κ3) is 3.46. The van der Waals surface area contributed by atoms with Gasteiger partial charge in [-0.3, -0.25) is 4.79 Å². The molecule has 0 aromatic heterocycles. The topological polar surface area (TPSA) is 55.6 Å². The van der Waals surface area contributed by atoms with Crippen molar-refractivity contribution >= 4 is 11.6 Å². The van der Waals surface area contributed by atoms with Crippen molar-refractivity contribution in [3.63, 3.8) is 0 Å². The molecule has 0 heterocycles. The van der Waals surface area contributed by atoms with Gasteiger partial charge in [0.05, 0.1) is 6.61 Å². The highest BCUT2D eigenvalue weighted by Crippen LogP contribution is 2.25. The van der Waals surface area contributed by atoms with E-state index in [1.165, 1.54) is 0 Å². The summed E-state index contributed by atoms with van der Waals surface area (Å²) in [6.07, 6.45) is 2.25. The van der Waals surface area contributed by atoms with Crippen molar-refractivity contribution in [3.05, 3.63) is 29.8 Å². The van der Waals surface area contributed by atoms with E-state index in [4.69, 9.17) is 10.5 Å². The summed E-state index contributed by atoms with van der Waals surface area (Å²) in [6.45, 7) is 0.599. The number of likely N-dealkylation sites (N-methyl/N-ethyl adjacent to an activating group) is 1. The van der Waals surface area contributed by atoms with E-state index in [1.54, 1.807) is 4.90 Å². The molecule has 4 heteroatoms. The van der Waals surface area contributed by atoms with Gasteiger partial charge in [0.1, 0.15) is 6.61 Å². The molecule has 1 aliphatic carbocycles. The number of nitrogens with two attached hydrogens (primary N) is 1.